The number of aromatic nitrogens is 1. The molecule has 1 aliphatic heterocycles. The predicted octanol–water partition coefficient (Wildman–Crippen LogP) is 4.01. The number of piperidine rings is 1. The number of carbonyl (C=O) groups excluding carboxylic acids is 1. The normalized spacial score (nSPS) is 20.9. The van der Waals surface area contributed by atoms with Crippen LogP contribution >= 0.6 is 0 Å². The number of pyridine rings is 1. The lowest BCUT2D eigenvalue weighted by Gasteiger charge is -2.32. The van der Waals surface area contributed by atoms with E-state index in [4.69, 9.17) is 0 Å². The summed E-state index contributed by atoms with van der Waals surface area (Å²) in [5, 5.41) is 2.97. The Balaban J connectivity index is 1.38. The number of hydrogen-bond acceptors (Lipinski definition) is 3. The van der Waals surface area contributed by atoms with Gasteiger partial charge in [0.25, 0.3) is 0 Å². The average molecular weight is 329 g/mol. The molecule has 3 rings (SSSR count). The number of nitrogens with one attached hydrogen (secondary N) is 1. The number of aryl methyl sites for hydroxylation is 1. The van der Waals surface area contributed by atoms with Crippen molar-refractivity contribution in [2.75, 3.05) is 25.0 Å². The summed E-state index contributed by atoms with van der Waals surface area (Å²) in [6.07, 6.45) is 12.3. The summed E-state index contributed by atoms with van der Waals surface area (Å²) in [4.78, 5) is 19.2. The Kier molecular flexibility index (Phi) is 6.24. The lowest BCUT2D eigenvalue weighted by Crippen LogP contribution is -2.39. The lowest BCUT2D eigenvalue weighted by atomic mass is 9.86. The van der Waals surface area contributed by atoms with Gasteiger partial charge in [0.15, 0.2) is 0 Å². The molecule has 1 saturated heterocycles. The first-order chi connectivity index (χ1) is 11.7. The van der Waals surface area contributed by atoms with Crippen molar-refractivity contribution in [1.82, 2.24) is 9.88 Å². The van der Waals surface area contributed by atoms with Gasteiger partial charge in [-0.25, -0.2) is 4.98 Å². The zero-order valence-electron chi connectivity index (χ0n) is 15.0. The number of anilines is 1. The molecule has 1 aromatic heterocycles. The summed E-state index contributed by atoms with van der Waals surface area (Å²) in [6.45, 7) is 5.35. The van der Waals surface area contributed by atoms with Gasteiger partial charge in [0, 0.05) is 12.1 Å². The van der Waals surface area contributed by atoms with E-state index in [2.05, 4.69) is 15.2 Å². The zero-order chi connectivity index (χ0) is 16.8. The summed E-state index contributed by atoms with van der Waals surface area (Å²) < 4.78 is 0. The van der Waals surface area contributed by atoms with Gasteiger partial charge < -0.3 is 10.2 Å². The fraction of sp³-hybridized carbons (Fsp3) is 0.700. The van der Waals surface area contributed by atoms with Crippen molar-refractivity contribution >= 4 is 11.7 Å². The quantitative estimate of drug-likeness (QED) is 0.888. The lowest BCUT2D eigenvalue weighted by molar-refractivity contribution is -0.121. The molecule has 132 valence electrons. The zero-order valence-corrected chi connectivity index (χ0v) is 15.0. The highest BCUT2D eigenvalue weighted by Crippen LogP contribution is 2.27. The van der Waals surface area contributed by atoms with E-state index in [0.717, 1.165) is 37.4 Å². The number of rotatable bonds is 5. The predicted molar refractivity (Wildman–Crippen MR) is 98.0 cm³/mol. The molecule has 1 amide bonds. The van der Waals surface area contributed by atoms with E-state index in [0.29, 0.717) is 5.82 Å². The Morgan fingerprint density at radius 2 is 1.92 bits per heavy atom. The van der Waals surface area contributed by atoms with Gasteiger partial charge in [-0.15, -0.1) is 0 Å². The average Bonchev–Trinajstić information content (AvgIpc) is 2.63. The molecule has 2 fully saturated rings. The molecule has 0 spiro atoms. The highest BCUT2D eigenvalue weighted by atomic mass is 16.1. The summed E-state index contributed by atoms with van der Waals surface area (Å²) >= 11 is 0. The van der Waals surface area contributed by atoms with E-state index in [1.54, 1.807) is 6.20 Å². The van der Waals surface area contributed by atoms with Gasteiger partial charge in [0.05, 0.1) is 0 Å². The molecule has 4 heteroatoms. The van der Waals surface area contributed by atoms with E-state index in [1.807, 2.05) is 19.1 Å². The second-order valence-corrected chi connectivity index (χ2v) is 7.62. The van der Waals surface area contributed by atoms with E-state index in [-0.39, 0.29) is 11.8 Å². The van der Waals surface area contributed by atoms with E-state index >= 15 is 0 Å². The van der Waals surface area contributed by atoms with Crippen LogP contribution in [0.2, 0.25) is 0 Å². The van der Waals surface area contributed by atoms with Gasteiger partial charge in [-0.3, -0.25) is 4.79 Å². The maximum absolute atomic E-state index is 12.4. The van der Waals surface area contributed by atoms with Crippen molar-refractivity contribution in [3.8, 4) is 0 Å². The summed E-state index contributed by atoms with van der Waals surface area (Å²) in [6, 6.07) is 3.86. The molecule has 0 radical (unpaired) electrons. The van der Waals surface area contributed by atoms with E-state index < -0.39 is 0 Å². The van der Waals surface area contributed by atoms with Crippen molar-refractivity contribution in [2.45, 2.75) is 58.3 Å². The first-order valence-electron chi connectivity index (χ1n) is 9.66. The number of likely N-dealkylation sites (tertiary alicyclic amines) is 1. The minimum Gasteiger partial charge on any atom is -0.310 e. The van der Waals surface area contributed by atoms with Crippen molar-refractivity contribution in [3.05, 3.63) is 23.9 Å². The molecule has 0 bridgehead atoms. The molecule has 24 heavy (non-hydrogen) atoms. The van der Waals surface area contributed by atoms with Crippen LogP contribution in [-0.4, -0.2) is 35.4 Å². The molecular weight excluding hydrogens is 298 g/mol. The van der Waals surface area contributed by atoms with Crippen LogP contribution in [0.3, 0.4) is 0 Å². The van der Waals surface area contributed by atoms with Gasteiger partial charge in [0.1, 0.15) is 5.82 Å². The van der Waals surface area contributed by atoms with Crippen LogP contribution in [-0.2, 0) is 4.79 Å². The van der Waals surface area contributed by atoms with E-state index in [9.17, 15) is 4.79 Å². The fourth-order valence-corrected chi connectivity index (χ4v) is 4.03. The SMILES string of the molecule is Cc1ccc(NC(=O)C2CCN(CCC3CCCCC3)CC2)nc1. The van der Waals surface area contributed by atoms with Gasteiger partial charge in [-0.1, -0.05) is 38.2 Å². The molecule has 2 heterocycles. The maximum atomic E-state index is 12.4. The molecular formula is C20H31N3O. The minimum atomic E-state index is 0.137. The van der Waals surface area contributed by atoms with Crippen LogP contribution in [0.1, 0.15) is 56.9 Å². The van der Waals surface area contributed by atoms with Crippen LogP contribution in [0.15, 0.2) is 18.3 Å². The molecule has 4 nitrogen and oxygen atoms in total. The van der Waals surface area contributed by atoms with Crippen LogP contribution in [0.25, 0.3) is 0 Å². The third-order valence-electron chi connectivity index (χ3n) is 5.70. The van der Waals surface area contributed by atoms with Gasteiger partial charge in [-0.05, 0) is 63.4 Å². The number of amides is 1. The molecule has 1 N–H and O–H groups in total. The number of nitrogens with zero attached hydrogens (tertiary/aromatic N) is 2. The standard InChI is InChI=1S/C20H31N3O/c1-16-7-8-19(21-15-16)22-20(24)18-10-13-23(14-11-18)12-9-17-5-3-2-4-6-17/h7-8,15,17-18H,2-6,9-14H2,1H3,(H,21,22,24). The third kappa shape index (κ3) is 5.04. The van der Waals surface area contributed by atoms with Gasteiger partial charge >= 0.3 is 0 Å². The number of carbonyl (C=O) groups is 1. The second kappa shape index (κ2) is 8.61. The largest absolute Gasteiger partial charge is 0.310 e. The Morgan fingerprint density at radius 1 is 1.17 bits per heavy atom. The smallest absolute Gasteiger partial charge is 0.228 e. The second-order valence-electron chi connectivity index (χ2n) is 7.62. The van der Waals surface area contributed by atoms with Crippen LogP contribution < -0.4 is 5.32 Å². The summed E-state index contributed by atoms with van der Waals surface area (Å²) in [7, 11) is 0. The first-order valence-corrected chi connectivity index (χ1v) is 9.66. The molecule has 2 aliphatic rings. The Morgan fingerprint density at radius 3 is 2.58 bits per heavy atom. The Hall–Kier alpha value is -1.42. The highest BCUT2D eigenvalue weighted by molar-refractivity contribution is 5.91. The van der Waals surface area contributed by atoms with Crippen molar-refractivity contribution in [1.29, 1.82) is 0 Å². The van der Waals surface area contributed by atoms with Crippen molar-refractivity contribution < 1.29 is 4.79 Å². The fourth-order valence-electron chi connectivity index (χ4n) is 4.03. The first kappa shape index (κ1) is 17.4. The van der Waals surface area contributed by atoms with Crippen molar-refractivity contribution in [3.63, 3.8) is 0 Å². The topological polar surface area (TPSA) is 45.2 Å². The van der Waals surface area contributed by atoms with Crippen LogP contribution in [0.5, 0.6) is 0 Å². The van der Waals surface area contributed by atoms with Gasteiger partial charge in [-0.2, -0.15) is 0 Å². The maximum Gasteiger partial charge on any atom is 0.228 e. The molecule has 0 aromatic carbocycles. The summed E-state index contributed by atoms with van der Waals surface area (Å²) in [5.74, 6) is 1.90. The molecule has 1 aliphatic carbocycles. The summed E-state index contributed by atoms with van der Waals surface area (Å²) in [5.41, 5.74) is 1.11. The van der Waals surface area contributed by atoms with Crippen molar-refractivity contribution in [2.24, 2.45) is 11.8 Å². The van der Waals surface area contributed by atoms with E-state index in [1.165, 1.54) is 45.1 Å². The molecule has 0 atom stereocenters. The number of hydrogen-bond donors (Lipinski definition) is 1. The highest BCUT2D eigenvalue weighted by Gasteiger charge is 2.25. The monoisotopic (exact) mass is 329 g/mol. The Bertz CT molecular complexity index is 514. The van der Waals surface area contributed by atoms with Crippen LogP contribution in [0.4, 0.5) is 5.82 Å². The third-order valence-corrected chi connectivity index (χ3v) is 5.70. The molecule has 0 unspecified atom stereocenters. The molecule has 1 aromatic rings. The Labute approximate surface area is 146 Å². The van der Waals surface area contributed by atoms with Crippen LogP contribution in [0, 0.1) is 18.8 Å². The molecule has 1 saturated carbocycles. The van der Waals surface area contributed by atoms with Gasteiger partial charge in [0.2, 0.25) is 5.91 Å². The minimum absolute atomic E-state index is 0.137.